The molecule has 2 aromatic rings. The van der Waals surface area contributed by atoms with Crippen LogP contribution in [0.15, 0.2) is 18.3 Å². The minimum Gasteiger partial charge on any atom is -0.399 e. The molecule has 0 atom stereocenters. The Balaban J connectivity index is 2.04. The summed E-state index contributed by atoms with van der Waals surface area (Å²) in [5, 5.41) is 8.51. The number of aromatic amines is 1. The van der Waals surface area contributed by atoms with Crippen LogP contribution in [0.3, 0.4) is 0 Å². The minimum absolute atomic E-state index is 0.369. The Bertz CT molecular complexity index is 623. The molecule has 0 radical (unpaired) electrons. The van der Waals surface area contributed by atoms with Crippen LogP contribution in [0.4, 0.5) is 0 Å². The summed E-state index contributed by atoms with van der Waals surface area (Å²) in [5.74, 6) is 0. The Kier molecular flexibility index (Phi) is 2.72. The zero-order valence-electron chi connectivity index (χ0n) is 11.5. The number of nitrogens with zero attached hydrogens (tertiary/aromatic N) is 1. The Morgan fingerprint density at radius 1 is 1.16 bits per heavy atom. The fraction of sp³-hybridized carbons (Fsp3) is 0.462. The van der Waals surface area contributed by atoms with Crippen molar-refractivity contribution < 1.29 is 9.31 Å². The highest BCUT2D eigenvalue weighted by atomic mass is 35.5. The van der Waals surface area contributed by atoms with E-state index < -0.39 is 7.12 Å². The monoisotopic (exact) mass is 278 g/mol. The summed E-state index contributed by atoms with van der Waals surface area (Å²) in [7, 11) is -0.447. The van der Waals surface area contributed by atoms with Gasteiger partial charge in [0, 0.05) is 15.9 Å². The number of H-pyrrole nitrogens is 1. The van der Waals surface area contributed by atoms with Gasteiger partial charge in [-0.05, 0) is 39.8 Å². The van der Waals surface area contributed by atoms with Gasteiger partial charge in [0.25, 0.3) is 0 Å². The first-order chi connectivity index (χ1) is 8.80. The average Bonchev–Trinajstić information content (AvgIpc) is 2.80. The van der Waals surface area contributed by atoms with Crippen molar-refractivity contribution in [3.05, 3.63) is 23.4 Å². The predicted molar refractivity (Wildman–Crippen MR) is 76.8 cm³/mol. The summed E-state index contributed by atoms with van der Waals surface area (Å²) in [6.07, 6.45) is 1.76. The van der Waals surface area contributed by atoms with Gasteiger partial charge in [-0.15, -0.1) is 0 Å². The molecule has 4 nitrogen and oxygen atoms in total. The van der Waals surface area contributed by atoms with Crippen molar-refractivity contribution in [2.45, 2.75) is 38.9 Å². The predicted octanol–water partition coefficient (Wildman–Crippen LogP) is 2.52. The lowest BCUT2D eigenvalue weighted by Gasteiger charge is -2.32. The van der Waals surface area contributed by atoms with Crippen LogP contribution in [0, 0.1) is 0 Å². The van der Waals surface area contributed by atoms with E-state index in [4.69, 9.17) is 20.9 Å². The summed E-state index contributed by atoms with van der Waals surface area (Å²) >= 11 is 6.32. The van der Waals surface area contributed by atoms with Gasteiger partial charge >= 0.3 is 7.12 Å². The quantitative estimate of drug-likeness (QED) is 0.815. The molecule has 1 aliphatic heterocycles. The zero-order chi connectivity index (χ0) is 13.8. The van der Waals surface area contributed by atoms with E-state index >= 15 is 0 Å². The summed E-state index contributed by atoms with van der Waals surface area (Å²) < 4.78 is 12.0. The van der Waals surface area contributed by atoms with Gasteiger partial charge in [-0.1, -0.05) is 11.6 Å². The van der Waals surface area contributed by atoms with Crippen LogP contribution in [0.2, 0.25) is 5.02 Å². The molecule has 0 amide bonds. The summed E-state index contributed by atoms with van der Waals surface area (Å²) in [5.41, 5.74) is 1.01. The van der Waals surface area contributed by atoms with Crippen LogP contribution in [0.5, 0.6) is 0 Å². The number of aromatic nitrogens is 2. The van der Waals surface area contributed by atoms with E-state index in [2.05, 4.69) is 10.2 Å². The standard InChI is InChI=1S/C13H16BClN2O2/c1-12(2)13(3,4)19-14(18-12)9-5-8-7-16-17-11(8)6-10(9)15/h5-7H,1-4H3,(H,16,17). The van der Waals surface area contributed by atoms with Crippen molar-refractivity contribution in [2.24, 2.45) is 0 Å². The second-order valence-electron chi connectivity index (χ2n) is 5.92. The normalized spacial score (nSPS) is 21.2. The Hall–Kier alpha value is -1.04. The van der Waals surface area contributed by atoms with Gasteiger partial charge in [0.1, 0.15) is 0 Å². The highest BCUT2D eigenvalue weighted by Gasteiger charge is 2.52. The number of nitrogens with one attached hydrogen (secondary N) is 1. The highest BCUT2D eigenvalue weighted by Crippen LogP contribution is 2.37. The van der Waals surface area contributed by atoms with Gasteiger partial charge in [0.15, 0.2) is 0 Å². The topological polar surface area (TPSA) is 47.1 Å². The van der Waals surface area contributed by atoms with Gasteiger partial charge in [0.2, 0.25) is 0 Å². The lowest BCUT2D eigenvalue weighted by atomic mass is 9.78. The van der Waals surface area contributed by atoms with Gasteiger partial charge < -0.3 is 9.31 Å². The second-order valence-corrected chi connectivity index (χ2v) is 6.33. The van der Waals surface area contributed by atoms with Gasteiger partial charge in [-0.2, -0.15) is 5.10 Å². The SMILES string of the molecule is CC1(C)OB(c2cc3cn[nH]c3cc2Cl)OC1(C)C. The van der Waals surface area contributed by atoms with E-state index in [1.54, 1.807) is 6.20 Å². The zero-order valence-corrected chi connectivity index (χ0v) is 12.2. The third kappa shape index (κ3) is 1.97. The number of benzene rings is 1. The molecule has 19 heavy (non-hydrogen) atoms. The molecule has 0 unspecified atom stereocenters. The smallest absolute Gasteiger partial charge is 0.399 e. The molecule has 1 saturated heterocycles. The average molecular weight is 279 g/mol. The molecule has 0 spiro atoms. The largest absolute Gasteiger partial charge is 0.496 e. The number of hydrogen-bond acceptors (Lipinski definition) is 3. The molecule has 1 fully saturated rings. The van der Waals surface area contributed by atoms with Gasteiger partial charge in [-0.3, -0.25) is 5.10 Å². The van der Waals surface area contributed by atoms with E-state index in [1.807, 2.05) is 39.8 Å². The number of fused-ring (bicyclic) bond motifs is 1. The third-order valence-corrected chi connectivity index (χ3v) is 4.39. The maximum atomic E-state index is 6.32. The lowest BCUT2D eigenvalue weighted by molar-refractivity contribution is 0.00578. The van der Waals surface area contributed by atoms with E-state index in [1.165, 1.54) is 0 Å². The molecule has 1 N–H and O–H groups in total. The van der Waals surface area contributed by atoms with E-state index in [9.17, 15) is 0 Å². The van der Waals surface area contributed by atoms with Crippen molar-refractivity contribution in [1.82, 2.24) is 10.2 Å². The van der Waals surface area contributed by atoms with Gasteiger partial charge in [-0.25, -0.2) is 0 Å². The Morgan fingerprint density at radius 2 is 1.79 bits per heavy atom. The first-order valence-corrected chi connectivity index (χ1v) is 6.66. The third-order valence-electron chi connectivity index (χ3n) is 4.06. The number of halogens is 1. The first kappa shape index (κ1) is 13.0. The molecule has 2 heterocycles. The molecule has 3 rings (SSSR count). The van der Waals surface area contributed by atoms with E-state index in [0.717, 1.165) is 16.4 Å². The summed E-state index contributed by atoms with van der Waals surface area (Å²) in [6.45, 7) is 8.10. The molecule has 1 aromatic heterocycles. The highest BCUT2D eigenvalue weighted by molar-refractivity contribution is 6.66. The van der Waals surface area contributed by atoms with E-state index in [-0.39, 0.29) is 11.2 Å². The Morgan fingerprint density at radius 3 is 2.42 bits per heavy atom. The molecule has 1 aliphatic rings. The van der Waals surface area contributed by atoms with E-state index in [0.29, 0.717) is 5.02 Å². The lowest BCUT2D eigenvalue weighted by Crippen LogP contribution is -2.41. The summed E-state index contributed by atoms with van der Waals surface area (Å²) in [4.78, 5) is 0. The molecular weight excluding hydrogens is 262 g/mol. The van der Waals surface area contributed by atoms with Crippen LogP contribution >= 0.6 is 11.6 Å². The molecule has 1 aromatic carbocycles. The maximum Gasteiger partial charge on any atom is 0.496 e. The minimum atomic E-state index is -0.447. The fourth-order valence-corrected chi connectivity index (χ4v) is 2.39. The fourth-order valence-electron chi connectivity index (χ4n) is 2.13. The van der Waals surface area contributed by atoms with Crippen molar-refractivity contribution in [2.75, 3.05) is 0 Å². The second kappa shape index (κ2) is 3.98. The van der Waals surface area contributed by atoms with Crippen LogP contribution < -0.4 is 5.46 Å². The molecular formula is C13H16BClN2O2. The number of rotatable bonds is 1. The van der Waals surface area contributed by atoms with Crippen LogP contribution in [0.1, 0.15) is 27.7 Å². The molecule has 0 aliphatic carbocycles. The van der Waals surface area contributed by atoms with Crippen molar-refractivity contribution in [1.29, 1.82) is 0 Å². The van der Waals surface area contributed by atoms with Crippen molar-refractivity contribution in [3.63, 3.8) is 0 Å². The maximum absolute atomic E-state index is 6.32. The Labute approximate surface area is 117 Å². The first-order valence-electron chi connectivity index (χ1n) is 6.28. The van der Waals surface area contributed by atoms with Crippen molar-refractivity contribution >= 4 is 35.1 Å². The number of hydrogen-bond donors (Lipinski definition) is 1. The van der Waals surface area contributed by atoms with Gasteiger partial charge in [0.05, 0.1) is 22.9 Å². The van der Waals surface area contributed by atoms with Crippen LogP contribution in [0.25, 0.3) is 10.9 Å². The molecule has 0 saturated carbocycles. The van der Waals surface area contributed by atoms with Crippen LogP contribution in [-0.4, -0.2) is 28.5 Å². The molecule has 6 heteroatoms. The summed E-state index contributed by atoms with van der Waals surface area (Å²) in [6, 6.07) is 3.81. The van der Waals surface area contributed by atoms with Crippen molar-refractivity contribution in [3.8, 4) is 0 Å². The molecule has 0 bridgehead atoms. The molecule has 100 valence electrons. The van der Waals surface area contributed by atoms with Crippen LogP contribution in [-0.2, 0) is 9.31 Å².